The summed E-state index contributed by atoms with van der Waals surface area (Å²) in [6.07, 6.45) is 4.90. The third-order valence-corrected chi connectivity index (χ3v) is 7.20. The fourth-order valence-electron chi connectivity index (χ4n) is 3.73. The van der Waals surface area contributed by atoms with Crippen LogP contribution in [0.2, 0.25) is 5.02 Å². The van der Waals surface area contributed by atoms with Gasteiger partial charge in [0, 0.05) is 24.6 Å². The van der Waals surface area contributed by atoms with E-state index in [1.54, 1.807) is 4.57 Å². The summed E-state index contributed by atoms with van der Waals surface area (Å²) in [5, 5.41) is 12.7. The quantitative estimate of drug-likeness (QED) is 0.614. The normalized spacial score (nSPS) is 22.7. The van der Waals surface area contributed by atoms with Crippen LogP contribution in [0.1, 0.15) is 31.0 Å². The highest BCUT2D eigenvalue weighted by Gasteiger charge is 2.35. The molecule has 11 heteroatoms. The summed E-state index contributed by atoms with van der Waals surface area (Å²) in [6, 6.07) is 0.949. The zero-order chi connectivity index (χ0) is 21.3. The average molecular weight is 483 g/mol. The first kappa shape index (κ1) is 22.6. The number of alkyl halides is 2. The van der Waals surface area contributed by atoms with E-state index in [1.165, 1.54) is 12.3 Å². The van der Waals surface area contributed by atoms with Gasteiger partial charge in [0.1, 0.15) is 15.7 Å². The number of hydrogen-bond donors (Lipinski definition) is 2. The summed E-state index contributed by atoms with van der Waals surface area (Å²) in [5.74, 6) is 0.113. The third kappa shape index (κ3) is 4.82. The lowest BCUT2D eigenvalue weighted by Crippen LogP contribution is -2.35. The number of aliphatic hydroxyl groups is 1. The van der Waals surface area contributed by atoms with Crippen LogP contribution in [0.4, 0.5) is 5.82 Å². The fourth-order valence-corrected chi connectivity index (χ4v) is 5.40. The van der Waals surface area contributed by atoms with Gasteiger partial charge in [0.05, 0.1) is 51.3 Å². The number of pyridine rings is 2. The van der Waals surface area contributed by atoms with Crippen LogP contribution in [-0.2, 0) is 16.4 Å². The van der Waals surface area contributed by atoms with E-state index in [1.807, 2.05) is 0 Å². The maximum absolute atomic E-state index is 12.8. The molecule has 2 unspecified atom stereocenters. The summed E-state index contributed by atoms with van der Waals surface area (Å²) in [7, 11) is -3.18. The predicted octanol–water partition coefficient (Wildman–Crippen LogP) is 2.94. The smallest absolute Gasteiger partial charge is 0.193 e. The maximum atomic E-state index is 12.8. The van der Waals surface area contributed by atoms with E-state index in [0.717, 1.165) is 25.5 Å². The van der Waals surface area contributed by atoms with E-state index in [-0.39, 0.29) is 57.4 Å². The number of sulfone groups is 1. The topological polar surface area (TPSA) is 101 Å². The van der Waals surface area contributed by atoms with Crippen molar-refractivity contribution in [3.63, 3.8) is 0 Å². The molecule has 2 aromatic rings. The zero-order valence-electron chi connectivity index (χ0n) is 15.7. The Kier molecular flexibility index (Phi) is 7.00. The molecule has 0 aliphatic heterocycles. The van der Waals surface area contributed by atoms with Gasteiger partial charge in [-0.3, -0.25) is 4.79 Å². The van der Waals surface area contributed by atoms with Crippen LogP contribution in [0, 0.1) is 0 Å². The molecule has 160 valence electrons. The number of nitrogens with one attached hydrogen (secondary N) is 1. The molecule has 1 aliphatic carbocycles. The van der Waals surface area contributed by atoms with Crippen molar-refractivity contribution in [2.75, 3.05) is 23.9 Å². The summed E-state index contributed by atoms with van der Waals surface area (Å²) < 4.78 is 24.6. The van der Waals surface area contributed by atoms with Crippen molar-refractivity contribution < 1.29 is 13.5 Å². The Labute approximate surface area is 183 Å². The van der Waals surface area contributed by atoms with Crippen LogP contribution >= 0.6 is 34.8 Å². The molecule has 3 rings (SSSR count). The van der Waals surface area contributed by atoms with Crippen molar-refractivity contribution in [1.29, 1.82) is 0 Å². The van der Waals surface area contributed by atoms with Crippen LogP contribution in [-0.4, -0.2) is 52.4 Å². The Morgan fingerprint density at radius 2 is 1.97 bits per heavy atom. The van der Waals surface area contributed by atoms with E-state index in [4.69, 9.17) is 34.8 Å². The van der Waals surface area contributed by atoms with E-state index in [0.29, 0.717) is 11.2 Å². The number of aromatic nitrogens is 2. The first-order valence-electron chi connectivity index (χ1n) is 9.17. The molecule has 0 radical (unpaired) electrons. The Morgan fingerprint density at radius 1 is 1.31 bits per heavy atom. The minimum absolute atomic E-state index is 0.0868. The molecular formula is C18H22Cl3N3O4S. The van der Waals surface area contributed by atoms with Gasteiger partial charge in [-0.1, -0.05) is 18.0 Å². The fraction of sp³-hybridized carbons (Fsp3) is 0.556. The molecule has 1 aliphatic rings. The number of fused-ring (bicyclic) bond motifs is 1. The van der Waals surface area contributed by atoms with Gasteiger partial charge in [0.15, 0.2) is 5.43 Å². The Bertz CT molecular complexity index is 1060. The van der Waals surface area contributed by atoms with Crippen LogP contribution in [0.25, 0.3) is 10.9 Å². The van der Waals surface area contributed by atoms with Gasteiger partial charge in [-0.05, 0) is 12.8 Å². The van der Waals surface area contributed by atoms with E-state index in [9.17, 15) is 18.3 Å². The van der Waals surface area contributed by atoms with Gasteiger partial charge in [-0.2, -0.15) is 0 Å². The maximum Gasteiger partial charge on any atom is 0.193 e. The molecule has 0 amide bonds. The van der Waals surface area contributed by atoms with Crippen molar-refractivity contribution in [2.45, 2.75) is 42.7 Å². The summed E-state index contributed by atoms with van der Waals surface area (Å²) in [6.45, 7) is -0.298. The highest BCUT2D eigenvalue weighted by atomic mass is 35.5. The number of hydrogen-bond acceptors (Lipinski definition) is 6. The standard InChI is InChI=1S/C18H22Cl3N3O4S/c1-29(27,28)6-5-22-18-15-14(26)7-10(9-25)24(17(15)13(21)8-23-18)16-11(19)3-2-4-12(16)20/h7-8,11-12,16,25H,2-6,9H2,1H3,(H,22,23). The van der Waals surface area contributed by atoms with Crippen LogP contribution in [0.15, 0.2) is 17.1 Å². The van der Waals surface area contributed by atoms with Gasteiger partial charge in [-0.25, -0.2) is 13.4 Å². The van der Waals surface area contributed by atoms with Crippen LogP contribution in [0.3, 0.4) is 0 Å². The van der Waals surface area contributed by atoms with E-state index < -0.39 is 9.84 Å². The predicted molar refractivity (Wildman–Crippen MR) is 117 cm³/mol. The molecule has 2 aromatic heterocycles. The Hall–Kier alpha value is -1.06. The number of rotatable bonds is 6. The van der Waals surface area contributed by atoms with Crippen molar-refractivity contribution in [1.82, 2.24) is 9.55 Å². The SMILES string of the molecule is CS(=O)(=O)CCNc1ncc(Cl)c2c1c(=O)cc(CO)n2C1C(Cl)CCCC1Cl. The molecule has 2 atom stereocenters. The van der Waals surface area contributed by atoms with Gasteiger partial charge < -0.3 is 15.0 Å². The molecule has 7 nitrogen and oxygen atoms in total. The number of aliphatic hydroxyl groups excluding tert-OH is 1. The second-order valence-electron chi connectivity index (χ2n) is 7.22. The van der Waals surface area contributed by atoms with Gasteiger partial charge >= 0.3 is 0 Å². The lowest BCUT2D eigenvalue weighted by atomic mass is 9.93. The second-order valence-corrected chi connectivity index (χ2v) is 11.0. The molecular weight excluding hydrogens is 461 g/mol. The van der Waals surface area contributed by atoms with Crippen LogP contribution < -0.4 is 10.7 Å². The minimum atomic E-state index is -3.18. The lowest BCUT2D eigenvalue weighted by molar-refractivity contribution is 0.259. The Balaban J connectivity index is 2.21. The first-order chi connectivity index (χ1) is 13.6. The van der Waals surface area contributed by atoms with Crippen molar-refractivity contribution in [2.24, 2.45) is 0 Å². The number of anilines is 1. The molecule has 29 heavy (non-hydrogen) atoms. The monoisotopic (exact) mass is 481 g/mol. The van der Waals surface area contributed by atoms with Crippen molar-refractivity contribution >= 4 is 61.4 Å². The zero-order valence-corrected chi connectivity index (χ0v) is 18.8. The molecule has 0 aromatic carbocycles. The van der Waals surface area contributed by atoms with Crippen LogP contribution in [0.5, 0.6) is 0 Å². The first-order valence-corrected chi connectivity index (χ1v) is 12.5. The third-order valence-electron chi connectivity index (χ3n) is 5.03. The van der Waals surface area contributed by atoms with Crippen molar-refractivity contribution in [3.05, 3.63) is 33.2 Å². The molecule has 2 N–H and O–H groups in total. The highest BCUT2D eigenvalue weighted by Crippen LogP contribution is 2.40. The summed E-state index contributed by atoms with van der Waals surface area (Å²) in [5.41, 5.74) is 0.356. The number of nitrogens with zero attached hydrogens (tertiary/aromatic N) is 2. The molecule has 0 spiro atoms. The molecule has 0 bridgehead atoms. The van der Waals surface area contributed by atoms with Gasteiger partial charge in [-0.15, -0.1) is 23.2 Å². The van der Waals surface area contributed by atoms with Gasteiger partial charge in [0.2, 0.25) is 0 Å². The molecule has 2 heterocycles. The summed E-state index contributed by atoms with van der Waals surface area (Å²) >= 11 is 19.6. The summed E-state index contributed by atoms with van der Waals surface area (Å²) in [4.78, 5) is 17.0. The largest absolute Gasteiger partial charge is 0.390 e. The highest BCUT2D eigenvalue weighted by molar-refractivity contribution is 7.90. The van der Waals surface area contributed by atoms with Gasteiger partial charge in [0.25, 0.3) is 0 Å². The molecule has 1 saturated carbocycles. The number of halogens is 3. The van der Waals surface area contributed by atoms with E-state index in [2.05, 4.69) is 10.3 Å². The molecule has 1 fully saturated rings. The molecule has 0 saturated heterocycles. The van der Waals surface area contributed by atoms with E-state index >= 15 is 0 Å². The van der Waals surface area contributed by atoms with Crippen molar-refractivity contribution in [3.8, 4) is 0 Å². The lowest BCUT2D eigenvalue weighted by Gasteiger charge is -2.36. The minimum Gasteiger partial charge on any atom is -0.390 e. The second kappa shape index (κ2) is 8.98. The average Bonchev–Trinajstić information content (AvgIpc) is 2.63. The Morgan fingerprint density at radius 3 is 2.55 bits per heavy atom.